The van der Waals surface area contributed by atoms with E-state index >= 15 is 0 Å². The number of fused-ring (bicyclic) bond motifs is 1. The summed E-state index contributed by atoms with van der Waals surface area (Å²) in [6, 6.07) is 13.8. The number of nitrogens with one attached hydrogen (secondary N) is 2. The third-order valence-electron chi connectivity index (χ3n) is 6.33. The Morgan fingerprint density at radius 1 is 1.13 bits per heavy atom. The van der Waals surface area contributed by atoms with E-state index in [9.17, 15) is 9.59 Å². The van der Waals surface area contributed by atoms with E-state index in [0.29, 0.717) is 28.0 Å². The van der Waals surface area contributed by atoms with Crippen molar-refractivity contribution in [2.75, 3.05) is 5.32 Å². The van der Waals surface area contributed by atoms with Gasteiger partial charge in [-0.1, -0.05) is 68.3 Å². The predicted octanol–water partition coefficient (Wildman–Crippen LogP) is 5.63. The summed E-state index contributed by atoms with van der Waals surface area (Å²) in [5.74, 6) is 0.899. The number of thioether (sulfide) groups is 1. The average molecular weight is 421 g/mol. The average Bonchev–Trinajstić information content (AvgIpc) is 2.73. The van der Waals surface area contributed by atoms with Crippen LogP contribution in [0.1, 0.15) is 54.6 Å². The summed E-state index contributed by atoms with van der Waals surface area (Å²) < 4.78 is 0. The van der Waals surface area contributed by atoms with Crippen LogP contribution in [-0.2, 0) is 4.79 Å². The van der Waals surface area contributed by atoms with Crippen molar-refractivity contribution in [2.45, 2.75) is 51.0 Å². The summed E-state index contributed by atoms with van der Waals surface area (Å²) in [6.07, 6.45) is 5.31. The van der Waals surface area contributed by atoms with E-state index in [-0.39, 0.29) is 17.9 Å². The van der Waals surface area contributed by atoms with Gasteiger partial charge in [0.05, 0.1) is 10.6 Å². The number of carbonyl (C=O) groups excluding carboxylic acids is 2. The zero-order valence-corrected chi connectivity index (χ0v) is 18.5. The lowest BCUT2D eigenvalue weighted by atomic mass is 9.78. The molecule has 2 N–H and O–H groups in total. The lowest BCUT2D eigenvalue weighted by molar-refractivity contribution is -0.112. The van der Waals surface area contributed by atoms with Crippen LogP contribution in [0.2, 0.25) is 0 Å². The Morgan fingerprint density at radius 3 is 2.67 bits per heavy atom. The molecule has 0 spiro atoms. The fourth-order valence-corrected chi connectivity index (χ4v) is 5.08. The first-order valence-corrected chi connectivity index (χ1v) is 11.4. The number of rotatable bonds is 3. The molecule has 1 fully saturated rings. The van der Waals surface area contributed by atoms with E-state index < -0.39 is 0 Å². The molecule has 0 bridgehead atoms. The Kier molecular flexibility index (Phi) is 6.00. The van der Waals surface area contributed by atoms with Gasteiger partial charge in [-0.3, -0.25) is 9.59 Å². The largest absolute Gasteiger partial charge is 0.349 e. The third-order valence-corrected chi connectivity index (χ3v) is 7.43. The highest BCUT2D eigenvalue weighted by molar-refractivity contribution is 8.04. The Bertz CT molecular complexity index is 997. The molecule has 2 amide bonds. The summed E-state index contributed by atoms with van der Waals surface area (Å²) in [6.45, 7) is 6.52. The molecule has 1 aliphatic heterocycles. The molecule has 1 aliphatic carbocycles. The number of amides is 2. The number of carbonyl (C=O) groups is 2. The molecule has 4 nitrogen and oxygen atoms in total. The first-order valence-electron chi connectivity index (χ1n) is 10.6. The number of anilines is 1. The summed E-state index contributed by atoms with van der Waals surface area (Å²) in [5, 5.41) is 6.16. The van der Waals surface area contributed by atoms with Crippen LogP contribution in [0, 0.1) is 18.8 Å². The highest BCUT2D eigenvalue weighted by Gasteiger charge is 2.29. The normalized spacial score (nSPS) is 24.8. The maximum atomic E-state index is 12.8. The number of hydrogen-bond donors (Lipinski definition) is 2. The fraction of sp³-hybridized carbons (Fsp3) is 0.360. The van der Waals surface area contributed by atoms with Crippen LogP contribution >= 0.6 is 11.8 Å². The van der Waals surface area contributed by atoms with Crippen molar-refractivity contribution in [2.24, 2.45) is 11.8 Å². The first kappa shape index (κ1) is 20.7. The summed E-state index contributed by atoms with van der Waals surface area (Å²) in [4.78, 5) is 27.0. The quantitative estimate of drug-likeness (QED) is 0.632. The van der Waals surface area contributed by atoms with E-state index in [1.165, 1.54) is 23.7 Å². The maximum absolute atomic E-state index is 12.8. The standard InChI is InChI=1S/C25H28N2O2S/c1-15-7-9-18(10-8-15)13-23-25(29)27-21-14-19(11-12-22(21)30-23)24(28)26-20-6-4-5-16(2)17(20)3/h7-14,16-17,20H,4-6H2,1-3H3,(H,26,28)(H,27,29)/b23-13+/t16-,17-,20-/m1/s1. The van der Waals surface area contributed by atoms with Crippen LogP contribution in [0.5, 0.6) is 0 Å². The maximum Gasteiger partial charge on any atom is 0.262 e. The molecule has 156 valence electrons. The van der Waals surface area contributed by atoms with Crippen LogP contribution in [0.3, 0.4) is 0 Å². The second-order valence-electron chi connectivity index (χ2n) is 8.53. The smallest absolute Gasteiger partial charge is 0.262 e. The summed E-state index contributed by atoms with van der Waals surface area (Å²) in [5.41, 5.74) is 3.47. The van der Waals surface area contributed by atoms with Crippen molar-refractivity contribution in [3.63, 3.8) is 0 Å². The molecule has 0 radical (unpaired) electrons. The molecule has 2 aliphatic rings. The predicted molar refractivity (Wildman–Crippen MR) is 124 cm³/mol. The van der Waals surface area contributed by atoms with Crippen molar-refractivity contribution in [1.82, 2.24) is 5.32 Å². The molecule has 2 aromatic carbocycles. The highest BCUT2D eigenvalue weighted by Crippen LogP contribution is 2.39. The molecule has 5 heteroatoms. The SMILES string of the molecule is Cc1ccc(/C=C2/Sc3ccc(C(=O)N[C@@H]4CCC[C@@H](C)[C@H]4C)cc3NC2=O)cc1. The Balaban J connectivity index is 1.49. The minimum absolute atomic E-state index is 0.0657. The Morgan fingerprint density at radius 2 is 1.90 bits per heavy atom. The second-order valence-corrected chi connectivity index (χ2v) is 9.62. The zero-order chi connectivity index (χ0) is 21.3. The van der Waals surface area contributed by atoms with E-state index in [1.54, 1.807) is 6.07 Å². The monoisotopic (exact) mass is 420 g/mol. The lowest BCUT2D eigenvalue weighted by Gasteiger charge is -2.34. The minimum Gasteiger partial charge on any atom is -0.349 e. The molecular formula is C25H28N2O2S. The first-order chi connectivity index (χ1) is 14.4. The lowest BCUT2D eigenvalue weighted by Crippen LogP contribution is -2.43. The van der Waals surface area contributed by atoms with Gasteiger partial charge in [0.2, 0.25) is 0 Å². The summed E-state index contributed by atoms with van der Waals surface area (Å²) in [7, 11) is 0. The van der Waals surface area contributed by atoms with Gasteiger partial charge in [-0.05, 0) is 55.0 Å². The van der Waals surface area contributed by atoms with E-state index in [1.807, 2.05) is 49.4 Å². The van der Waals surface area contributed by atoms with Crippen LogP contribution in [0.4, 0.5) is 5.69 Å². The van der Waals surface area contributed by atoms with Gasteiger partial charge >= 0.3 is 0 Å². The van der Waals surface area contributed by atoms with Gasteiger partial charge in [0.15, 0.2) is 0 Å². The van der Waals surface area contributed by atoms with Gasteiger partial charge in [0.25, 0.3) is 11.8 Å². The van der Waals surface area contributed by atoms with Crippen LogP contribution in [0.15, 0.2) is 52.3 Å². The highest BCUT2D eigenvalue weighted by atomic mass is 32.2. The van der Waals surface area contributed by atoms with Crippen LogP contribution < -0.4 is 10.6 Å². The third kappa shape index (κ3) is 4.46. The van der Waals surface area contributed by atoms with Gasteiger partial charge in [-0.15, -0.1) is 0 Å². The number of benzene rings is 2. The molecular weight excluding hydrogens is 392 g/mol. The van der Waals surface area contributed by atoms with Gasteiger partial charge < -0.3 is 10.6 Å². The minimum atomic E-state index is -0.139. The molecule has 2 aromatic rings. The van der Waals surface area contributed by atoms with Gasteiger partial charge in [0.1, 0.15) is 0 Å². The molecule has 3 atom stereocenters. The van der Waals surface area contributed by atoms with E-state index in [4.69, 9.17) is 0 Å². The van der Waals surface area contributed by atoms with Crippen molar-refractivity contribution in [3.8, 4) is 0 Å². The molecule has 1 saturated carbocycles. The number of hydrogen-bond acceptors (Lipinski definition) is 3. The molecule has 0 aromatic heterocycles. The van der Waals surface area contributed by atoms with Crippen LogP contribution in [-0.4, -0.2) is 17.9 Å². The fourth-order valence-electron chi connectivity index (χ4n) is 4.15. The Hall–Kier alpha value is -2.53. The second kappa shape index (κ2) is 8.68. The molecule has 1 heterocycles. The zero-order valence-electron chi connectivity index (χ0n) is 17.7. The topological polar surface area (TPSA) is 58.2 Å². The van der Waals surface area contributed by atoms with Crippen molar-refractivity contribution in [3.05, 3.63) is 64.1 Å². The van der Waals surface area contributed by atoms with Crippen molar-refractivity contribution >= 4 is 35.3 Å². The van der Waals surface area contributed by atoms with Crippen LogP contribution in [0.25, 0.3) is 6.08 Å². The molecule has 4 rings (SSSR count). The van der Waals surface area contributed by atoms with Gasteiger partial charge in [-0.25, -0.2) is 0 Å². The van der Waals surface area contributed by atoms with Gasteiger partial charge in [-0.2, -0.15) is 0 Å². The van der Waals surface area contributed by atoms with Crippen molar-refractivity contribution < 1.29 is 9.59 Å². The van der Waals surface area contributed by atoms with E-state index in [0.717, 1.165) is 23.3 Å². The van der Waals surface area contributed by atoms with Crippen molar-refractivity contribution in [1.29, 1.82) is 0 Å². The molecule has 30 heavy (non-hydrogen) atoms. The molecule has 0 saturated heterocycles. The number of aryl methyl sites for hydroxylation is 1. The van der Waals surface area contributed by atoms with Gasteiger partial charge in [0, 0.05) is 16.5 Å². The van der Waals surface area contributed by atoms with E-state index in [2.05, 4.69) is 24.5 Å². The molecule has 0 unspecified atom stereocenters. The summed E-state index contributed by atoms with van der Waals surface area (Å²) >= 11 is 1.44. The Labute approximate surface area is 182 Å².